The molecule has 0 saturated heterocycles. The molecule has 1 aromatic carbocycles. The maximum Gasteiger partial charge on any atom is 0.358 e. The lowest BCUT2D eigenvalue weighted by Crippen LogP contribution is -2.17. The second-order valence-electron chi connectivity index (χ2n) is 5.66. The van der Waals surface area contributed by atoms with Crippen molar-refractivity contribution in [3.05, 3.63) is 35.2 Å². The van der Waals surface area contributed by atoms with Crippen molar-refractivity contribution in [2.45, 2.75) is 19.8 Å². The molecule has 0 aliphatic heterocycles. The lowest BCUT2D eigenvalue weighted by molar-refractivity contribution is -0.116. The number of benzene rings is 1. The Labute approximate surface area is 152 Å². The Balaban J connectivity index is 2.07. The second-order valence-corrected chi connectivity index (χ2v) is 5.66. The minimum atomic E-state index is -0.553. The Kier molecular flexibility index (Phi) is 6.21. The lowest BCUT2D eigenvalue weighted by atomic mass is 10.1. The van der Waals surface area contributed by atoms with Crippen molar-refractivity contribution >= 4 is 17.6 Å². The molecule has 140 valence electrons. The van der Waals surface area contributed by atoms with Crippen LogP contribution in [0.4, 0.5) is 5.69 Å². The molecule has 1 amide bonds. The highest BCUT2D eigenvalue weighted by Crippen LogP contribution is 2.28. The van der Waals surface area contributed by atoms with Crippen LogP contribution in [0.25, 0.3) is 0 Å². The zero-order valence-corrected chi connectivity index (χ0v) is 15.6. The van der Waals surface area contributed by atoms with E-state index in [1.54, 1.807) is 34.3 Å². The number of aryl methyl sites for hydroxylation is 3. The van der Waals surface area contributed by atoms with Gasteiger partial charge in [-0.1, -0.05) is 6.07 Å². The Hall–Kier alpha value is -3.03. The number of nitrogens with one attached hydrogen (secondary N) is 1. The van der Waals surface area contributed by atoms with Crippen LogP contribution in [0, 0.1) is 6.92 Å². The summed E-state index contributed by atoms with van der Waals surface area (Å²) in [7, 11) is 6.04. The van der Waals surface area contributed by atoms with E-state index in [4.69, 9.17) is 14.2 Å². The van der Waals surface area contributed by atoms with Gasteiger partial charge in [0.25, 0.3) is 0 Å². The lowest BCUT2D eigenvalue weighted by Gasteiger charge is -2.10. The van der Waals surface area contributed by atoms with E-state index in [9.17, 15) is 9.59 Å². The van der Waals surface area contributed by atoms with Crippen molar-refractivity contribution in [3.8, 4) is 11.5 Å². The quantitative estimate of drug-likeness (QED) is 0.760. The summed E-state index contributed by atoms with van der Waals surface area (Å²) in [6, 6.07) is 5.51. The zero-order chi connectivity index (χ0) is 19.3. The standard InChI is InChI=1S/C18H23N3O5/c1-11-16(17(18(23)26-5)21(2)20-11)19-15(22)9-7-12-6-8-13(24-3)14(10-12)25-4/h6,8,10H,7,9H2,1-5H3,(H,19,22). The molecule has 1 heterocycles. The number of aromatic nitrogens is 2. The topological polar surface area (TPSA) is 91.7 Å². The van der Waals surface area contributed by atoms with Crippen molar-refractivity contribution in [1.82, 2.24) is 9.78 Å². The van der Waals surface area contributed by atoms with Crippen molar-refractivity contribution in [1.29, 1.82) is 0 Å². The van der Waals surface area contributed by atoms with Gasteiger partial charge in [-0.2, -0.15) is 5.10 Å². The minimum Gasteiger partial charge on any atom is -0.493 e. The Bertz CT molecular complexity index is 813. The average molecular weight is 361 g/mol. The summed E-state index contributed by atoms with van der Waals surface area (Å²) in [5.41, 5.74) is 2.07. The minimum absolute atomic E-state index is 0.212. The van der Waals surface area contributed by atoms with Gasteiger partial charge in [-0.05, 0) is 31.0 Å². The first-order chi connectivity index (χ1) is 12.4. The number of ether oxygens (including phenoxy) is 3. The van der Waals surface area contributed by atoms with Crippen molar-refractivity contribution < 1.29 is 23.8 Å². The summed E-state index contributed by atoms with van der Waals surface area (Å²) in [6.07, 6.45) is 0.753. The number of rotatable bonds is 7. The summed E-state index contributed by atoms with van der Waals surface area (Å²) in [5, 5.41) is 6.92. The van der Waals surface area contributed by atoms with Crippen LogP contribution in [-0.4, -0.2) is 43.0 Å². The van der Waals surface area contributed by atoms with E-state index >= 15 is 0 Å². The van der Waals surface area contributed by atoms with Crippen LogP contribution in [0.5, 0.6) is 11.5 Å². The summed E-state index contributed by atoms with van der Waals surface area (Å²) in [4.78, 5) is 24.2. The fourth-order valence-electron chi connectivity index (χ4n) is 2.63. The molecule has 0 aliphatic rings. The third-order valence-corrected chi connectivity index (χ3v) is 3.95. The average Bonchev–Trinajstić information content (AvgIpc) is 2.92. The zero-order valence-electron chi connectivity index (χ0n) is 15.6. The van der Waals surface area contributed by atoms with Crippen molar-refractivity contribution in [2.24, 2.45) is 7.05 Å². The highest BCUT2D eigenvalue weighted by Gasteiger charge is 2.22. The summed E-state index contributed by atoms with van der Waals surface area (Å²) < 4.78 is 16.6. The van der Waals surface area contributed by atoms with Gasteiger partial charge in [-0.3, -0.25) is 9.48 Å². The van der Waals surface area contributed by atoms with Crippen LogP contribution in [0.3, 0.4) is 0 Å². The number of hydrogen-bond acceptors (Lipinski definition) is 6. The predicted molar refractivity (Wildman–Crippen MR) is 95.8 cm³/mol. The van der Waals surface area contributed by atoms with Gasteiger partial charge in [0.15, 0.2) is 17.2 Å². The number of carbonyl (C=O) groups excluding carboxylic acids is 2. The molecular formula is C18H23N3O5. The molecule has 0 aliphatic carbocycles. The molecule has 8 heteroatoms. The first-order valence-corrected chi connectivity index (χ1v) is 8.03. The molecule has 2 aromatic rings. The number of anilines is 1. The molecule has 1 aromatic heterocycles. The van der Waals surface area contributed by atoms with Gasteiger partial charge in [0.2, 0.25) is 5.91 Å². The largest absolute Gasteiger partial charge is 0.493 e. The van der Waals surface area contributed by atoms with Gasteiger partial charge in [-0.25, -0.2) is 4.79 Å². The first kappa shape index (κ1) is 19.3. The number of carbonyl (C=O) groups is 2. The van der Waals surface area contributed by atoms with Crippen molar-refractivity contribution in [3.63, 3.8) is 0 Å². The molecule has 0 saturated carbocycles. The molecule has 0 unspecified atom stereocenters. The molecule has 0 fully saturated rings. The molecule has 0 bridgehead atoms. The van der Waals surface area contributed by atoms with Crippen LogP contribution >= 0.6 is 0 Å². The van der Waals surface area contributed by atoms with Crippen LogP contribution in [0.1, 0.15) is 28.2 Å². The van der Waals surface area contributed by atoms with E-state index in [0.717, 1.165) is 5.56 Å². The smallest absolute Gasteiger partial charge is 0.358 e. The Morgan fingerprint density at radius 2 is 1.85 bits per heavy atom. The molecule has 0 spiro atoms. The molecule has 2 rings (SSSR count). The Morgan fingerprint density at radius 1 is 1.15 bits per heavy atom. The van der Waals surface area contributed by atoms with E-state index in [1.165, 1.54) is 11.8 Å². The van der Waals surface area contributed by atoms with E-state index < -0.39 is 5.97 Å². The number of nitrogens with zero attached hydrogens (tertiary/aromatic N) is 2. The maximum absolute atomic E-state index is 12.3. The van der Waals surface area contributed by atoms with Crippen LogP contribution in [0.15, 0.2) is 18.2 Å². The highest BCUT2D eigenvalue weighted by molar-refractivity contribution is 6.00. The van der Waals surface area contributed by atoms with Crippen LogP contribution in [-0.2, 0) is 23.0 Å². The van der Waals surface area contributed by atoms with E-state index in [2.05, 4.69) is 10.4 Å². The highest BCUT2D eigenvalue weighted by atomic mass is 16.5. The van der Waals surface area contributed by atoms with E-state index in [-0.39, 0.29) is 18.0 Å². The fourth-order valence-corrected chi connectivity index (χ4v) is 2.63. The van der Waals surface area contributed by atoms with Gasteiger partial charge >= 0.3 is 5.97 Å². The van der Waals surface area contributed by atoms with Gasteiger partial charge < -0.3 is 19.5 Å². The summed E-state index contributed by atoms with van der Waals surface area (Å²) >= 11 is 0. The molecule has 26 heavy (non-hydrogen) atoms. The SMILES string of the molecule is COC(=O)c1c(NC(=O)CCc2ccc(OC)c(OC)c2)c(C)nn1C. The van der Waals surface area contributed by atoms with E-state index in [0.29, 0.717) is 29.3 Å². The summed E-state index contributed by atoms with van der Waals surface area (Å²) in [5.74, 6) is 0.472. The fraction of sp³-hybridized carbons (Fsp3) is 0.389. The van der Waals surface area contributed by atoms with Gasteiger partial charge in [0.05, 0.1) is 32.7 Å². The number of amides is 1. The normalized spacial score (nSPS) is 10.3. The van der Waals surface area contributed by atoms with Gasteiger partial charge in [0, 0.05) is 13.5 Å². The number of hydrogen-bond donors (Lipinski definition) is 1. The van der Waals surface area contributed by atoms with Crippen LogP contribution in [0.2, 0.25) is 0 Å². The second kappa shape index (κ2) is 8.37. The van der Waals surface area contributed by atoms with Gasteiger partial charge in [0.1, 0.15) is 0 Å². The first-order valence-electron chi connectivity index (χ1n) is 8.03. The maximum atomic E-state index is 12.3. The van der Waals surface area contributed by atoms with Gasteiger partial charge in [-0.15, -0.1) is 0 Å². The molecule has 0 radical (unpaired) electrons. The number of methoxy groups -OCH3 is 3. The van der Waals surface area contributed by atoms with Crippen molar-refractivity contribution in [2.75, 3.05) is 26.6 Å². The third kappa shape index (κ3) is 4.14. The molecule has 8 nitrogen and oxygen atoms in total. The number of esters is 1. The van der Waals surface area contributed by atoms with Crippen LogP contribution < -0.4 is 14.8 Å². The monoisotopic (exact) mass is 361 g/mol. The third-order valence-electron chi connectivity index (χ3n) is 3.95. The molecule has 1 N–H and O–H groups in total. The molecular weight excluding hydrogens is 338 g/mol. The van der Waals surface area contributed by atoms with E-state index in [1.807, 2.05) is 12.1 Å². The summed E-state index contributed by atoms with van der Waals surface area (Å²) in [6.45, 7) is 1.72. The molecule has 0 atom stereocenters. The predicted octanol–water partition coefficient (Wildman–Crippen LogP) is 2.10. The Morgan fingerprint density at radius 3 is 2.46 bits per heavy atom.